The SMILES string of the molecule is COc1cc(F)c(S(=O)(=O)NCC[C@H]2CCCN2)cc1OC. The van der Waals surface area contributed by atoms with Crippen LogP contribution in [0.4, 0.5) is 4.39 Å². The molecule has 1 aliphatic heterocycles. The molecule has 1 saturated heterocycles. The van der Waals surface area contributed by atoms with Crippen molar-refractivity contribution < 1.29 is 22.3 Å². The van der Waals surface area contributed by atoms with Crippen LogP contribution < -0.4 is 19.5 Å². The van der Waals surface area contributed by atoms with Gasteiger partial charge in [-0.25, -0.2) is 17.5 Å². The van der Waals surface area contributed by atoms with E-state index in [1.807, 2.05) is 0 Å². The van der Waals surface area contributed by atoms with Crippen LogP contribution in [0.2, 0.25) is 0 Å². The zero-order valence-electron chi connectivity index (χ0n) is 12.7. The third-order valence-corrected chi connectivity index (χ3v) is 5.15. The van der Waals surface area contributed by atoms with Crippen molar-refractivity contribution in [3.63, 3.8) is 0 Å². The molecule has 0 saturated carbocycles. The average Bonchev–Trinajstić information content (AvgIpc) is 2.99. The fourth-order valence-electron chi connectivity index (χ4n) is 2.49. The predicted octanol–water partition coefficient (Wildman–Crippen LogP) is 1.26. The van der Waals surface area contributed by atoms with Gasteiger partial charge >= 0.3 is 0 Å². The van der Waals surface area contributed by atoms with Crippen LogP contribution in [-0.4, -0.2) is 41.8 Å². The van der Waals surface area contributed by atoms with Crippen LogP contribution >= 0.6 is 0 Å². The quantitative estimate of drug-likeness (QED) is 0.786. The van der Waals surface area contributed by atoms with Crippen LogP contribution in [0.1, 0.15) is 19.3 Å². The van der Waals surface area contributed by atoms with Gasteiger partial charge in [0.2, 0.25) is 10.0 Å². The smallest absolute Gasteiger partial charge is 0.243 e. The van der Waals surface area contributed by atoms with Crippen LogP contribution in [-0.2, 0) is 10.0 Å². The van der Waals surface area contributed by atoms with Crippen molar-refractivity contribution in [3.8, 4) is 11.5 Å². The summed E-state index contributed by atoms with van der Waals surface area (Å²) in [6, 6.07) is 2.45. The second-order valence-electron chi connectivity index (χ2n) is 5.12. The van der Waals surface area contributed by atoms with Crippen LogP contribution in [0, 0.1) is 5.82 Å². The number of hydrogen-bond donors (Lipinski definition) is 2. The molecule has 6 nitrogen and oxygen atoms in total. The average molecular weight is 332 g/mol. The lowest BCUT2D eigenvalue weighted by molar-refractivity contribution is 0.350. The van der Waals surface area contributed by atoms with Crippen LogP contribution in [0.25, 0.3) is 0 Å². The van der Waals surface area contributed by atoms with E-state index in [4.69, 9.17) is 9.47 Å². The lowest BCUT2D eigenvalue weighted by atomic mass is 10.2. The molecule has 1 aliphatic rings. The van der Waals surface area contributed by atoms with Crippen molar-refractivity contribution >= 4 is 10.0 Å². The Morgan fingerprint density at radius 2 is 2.00 bits per heavy atom. The van der Waals surface area contributed by atoms with Gasteiger partial charge in [0.05, 0.1) is 14.2 Å². The summed E-state index contributed by atoms with van der Waals surface area (Å²) in [6.07, 6.45) is 2.81. The molecule has 0 spiro atoms. The van der Waals surface area contributed by atoms with Crippen molar-refractivity contribution in [1.29, 1.82) is 0 Å². The summed E-state index contributed by atoms with van der Waals surface area (Å²) in [4.78, 5) is -0.440. The highest BCUT2D eigenvalue weighted by Crippen LogP contribution is 2.31. The molecule has 0 radical (unpaired) electrons. The van der Waals surface area contributed by atoms with Crippen molar-refractivity contribution in [2.24, 2.45) is 0 Å². The molecule has 1 aromatic rings. The molecule has 0 unspecified atom stereocenters. The zero-order valence-corrected chi connectivity index (χ0v) is 13.5. The van der Waals surface area contributed by atoms with E-state index in [1.165, 1.54) is 14.2 Å². The summed E-state index contributed by atoms with van der Waals surface area (Å²) in [7, 11) is -1.20. The highest BCUT2D eigenvalue weighted by Gasteiger charge is 2.23. The summed E-state index contributed by atoms with van der Waals surface area (Å²) < 4.78 is 50.9. The second kappa shape index (κ2) is 7.26. The molecule has 8 heteroatoms. The number of halogens is 1. The standard InChI is InChI=1S/C14H21FN2O4S/c1-20-12-8-11(15)14(9-13(12)21-2)22(18,19)17-7-5-10-4-3-6-16-10/h8-10,16-17H,3-7H2,1-2H3/t10-/m1/s1. The van der Waals surface area contributed by atoms with E-state index in [-0.39, 0.29) is 18.0 Å². The number of nitrogens with one attached hydrogen (secondary N) is 2. The van der Waals surface area contributed by atoms with Gasteiger partial charge in [0, 0.05) is 24.7 Å². The molecular weight excluding hydrogens is 311 g/mol. The maximum Gasteiger partial charge on any atom is 0.243 e. The van der Waals surface area contributed by atoms with E-state index in [0.29, 0.717) is 12.5 Å². The molecule has 0 aromatic heterocycles. The summed E-state index contributed by atoms with van der Waals surface area (Å²) in [5.74, 6) is -0.556. The first kappa shape index (κ1) is 17.0. The summed E-state index contributed by atoms with van der Waals surface area (Å²) >= 11 is 0. The van der Waals surface area contributed by atoms with Gasteiger partial charge in [-0.05, 0) is 25.8 Å². The molecule has 1 aromatic carbocycles. The van der Waals surface area contributed by atoms with E-state index >= 15 is 0 Å². The molecule has 0 bridgehead atoms. The number of sulfonamides is 1. The van der Waals surface area contributed by atoms with Crippen LogP contribution in [0.5, 0.6) is 11.5 Å². The van der Waals surface area contributed by atoms with Gasteiger partial charge < -0.3 is 14.8 Å². The minimum atomic E-state index is -3.93. The Morgan fingerprint density at radius 3 is 2.59 bits per heavy atom. The molecule has 124 valence electrons. The predicted molar refractivity (Wildman–Crippen MR) is 80.3 cm³/mol. The minimum absolute atomic E-state index is 0.147. The fourth-order valence-corrected chi connectivity index (χ4v) is 3.61. The number of ether oxygens (including phenoxy) is 2. The highest BCUT2D eigenvalue weighted by atomic mass is 32.2. The Balaban J connectivity index is 2.10. The molecule has 1 fully saturated rings. The monoisotopic (exact) mass is 332 g/mol. The first-order valence-corrected chi connectivity index (χ1v) is 8.61. The van der Waals surface area contributed by atoms with E-state index in [0.717, 1.165) is 31.5 Å². The molecule has 2 rings (SSSR count). The van der Waals surface area contributed by atoms with Gasteiger partial charge in [-0.3, -0.25) is 0 Å². The van der Waals surface area contributed by atoms with Gasteiger partial charge in [0.15, 0.2) is 11.5 Å². The van der Waals surface area contributed by atoms with E-state index < -0.39 is 20.7 Å². The molecule has 0 amide bonds. The number of benzene rings is 1. The number of methoxy groups -OCH3 is 2. The highest BCUT2D eigenvalue weighted by molar-refractivity contribution is 7.89. The third-order valence-electron chi connectivity index (χ3n) is 3.67. The Bertz CT molecular complexity index is 616. The summed E-state index contributed by atoms with van der Waals surface area (Å²) in [6.45, 7) is 1.22. The van der Waals surface area contributed by atoms with E-state index in [1.54, 1.807) is 0 Å². The lowest BCUT2D eigenvalue weighted by Gasteiger charge is -2.13. The first-order chi connectivity index (χ1) is 10.5. The maximum absolute atomic E-state index is 14.0. The molecule has 1 atom stereocenters. The second-order valence-corrected chi connectivity index (χ2v) is 6.85. The Morgan fingerprint density at radius 1 is 1.32 bits per heavy atom. The zero-order chi connectivity index (χ0) is 16.2. The van der Waals surface area contributed by atoms with Gasteiger partial charge in [0.25, 0.3) is 0 Å². The largest absolute Gasteiger partial charge is 0.493 e. The minimum Gasteiger partial charge on any atom is -0.493 e. The van der Waals surface area contributed by atoms with Gasteiger partial charge in [-0.1, -0.05) is 0 Å². The first-order valence-electron chi connectivity index (χ1n) is 7.12. The van der Waals surface area contributed by atoms with Gasteiger partial charge in [-0.15, -0.1) is 0 Å². The van der Waals surface area contributed by atoms with Crippen LogP contribution in [0.15, 0.2) is 17.0 Å². The maximum atomic E-state index is 14.0. The number of hydrogen-bond acceptors (Lipinski definition) is 5. The van der Waals surface area contributed by atoms with Crippen molar-refractivity contribution in [1.82, 2.24) is 10.0 Å². The fraction of sp³-hybridized carbons (Fsp3) is 0.571. The molecule has 0 aliphatic carbocycles. The molecule has 1 heterocycles. The van der Waals surface area contributed by atoms with E-state index in [9.17, 15) is 12.8 Å². The van der Waals surface area contributed by atoms with Gasteiger partial charge in [0.1, 0.15) is 10.7 Å². The molecular formula is C14H21FN2O4S. The van der Waals surface area contributed by atoms with Crippen molar-refractivity contribution in [3.05, 3.63) is 17.9 Å². The Hall–Kier alpha value is -1.38. The van der Waals surface area contributed by atoms with E-state index in [2.05, 4.69) is 10.0 Å². The Labute approximate surface area is 130 Å². The Kier molecular flexibility index (Phi) is 5.60. The summed E-state index contributed by atoms with van der Waals surface area (Å²) in [5, 5.41) is 3.28. The molecule has 22 heavy (non-hydrogen) atoms. The van der Waals surface area contributed by atoms with Crippen molar-refractivity contribution in [2.45, 2.75) is 30.2 Å². The molecule has 2 N–H and O–H groups in total. The van der Waals surface area contributed by atoms with Crippen LogP contribution in [0.3, 0.4) is 0 Å². The summed E-state index contributed by atoms with van der Waals surface area (Å²) in [5.41, 5.74) is 0. The third kappa shape index (κ3) is 3.88. The normalized spacial score (nSPS) is 18.4. The topological polar surface area (TPSA) is 76.7 Å². The number of rotatable bonds is 7. The van der Waals surface area contributed by atoms with Gasteiger partial charge in [-0.2, -0.15) is 0 Å². The van der Waals surface area contributed by atoms with Crippen molar-refractivity contribution in [2.75, 3.05) is 27.3 Å². The lowest BCUT2D eigenvalue weighted by Crippen LogP contribution is -2.31.